The molecule has 0 aliphatic rings. The molecule has 142 valence electrons. The van der Waals surface area contributed by atoms with Crippen LogP contribution < -0.4 is 14.8 Å². The summed E-state index contributed by atoms with van der Waals surface area (Å²) in [6.45, 7) is -0.0481. The highest BCUT2D eigenvalue weighted by molar-refractivity contribution is 6.32. The first-order valence-corrected chi connectivity index (χ1v) is 8.01. The average Bonchev–Trinajstić information content (AvgIpc) is 3.03. The minimum absolute atomic E-state index is 0.0481. The zero-order chi connectivity index (χ0) is 19.6. The monoisotopic (exact) mass is 399 g/mol. The van der Waals surface area contributed by atoms with Gasteiger partial charge in [-0.1, -0.05) is 17.7 Å². The van der Waals surface area contributed by atoms with Crippen LogP contribution >= 0.6 is 11.6 Å². The molecular weight excluding hydrogens is 387 g/mol. The first kappa shape index (κ1) is 18.8. The van der Waals surface area contributed by atoms with E-state index in [0.29, 0.717) is 28.0 Å². The molecule has 10 heteroatoms. The van der Waals surface area contributed by atoms with Crippen molar-refractivity contribution in [3.63, 3.8) is 0 Å². The molecular formula is C17H13ClF3N3O3. The highest BCUT2D eigenvalue weighted by atomic mass is 35.5. The van der Waals surface area contributed by atoms with Crippen molar-refractivity contribution in [1.29, 1.82) is 0 Å². The lowest BCUT2D eigenvalue weighted by Gasteiger charge is -2.12. The molecule has 0 atom stereocenters. The molecule has 0 saturated carbocycles. The maximum Gasteiger partial charge on any atom is 0.573 e. The summed E-state index contributed by atoms with van der Waals surface area (Å²) in [6.07, 6.45) is -3.35. The fourth-order valence-corrected chi connectivity index (χ4v) is 2.56. The Balaban J connectivity index is 1.79. The Bertz CT molecular complexity index is 988. The van der Waals surface area contributed by atoms with Crippen molar-refractivity contribution in [2.45, 2.75) is 13.0 Å². The maximum atomic E-state index is 12.4. The molecule has 6 nitrogen and oxygen atoms in total. The van der Waals surface area contributed by atoms with Gasteiger partial charge in [0.05, 0.1) is 21.6 Å². The summed E-state index contributed by atoms with van der Waals surface area (Å²) in [4.78, 5) is 19.0. The van der Waals surface area contributed by atoms with Crippen LogP contribution in [0.5, 0.6) is 11.6 Å². The Morgan fingerprint density at radius 3 is 2.78 bits per heavy atom. The van der Waals surface area contributed by atoms with E-state index in [9.17, 15) is 18.0 Å². The van der Waals surface area contributed by atoms with E-state index in [0.717, 1.165) is 6.07 Å². The van der Waals surface area contributed by atoms with Gasteiger partial charge in [-0.05, 0) is 23.8 Å². The summed E-state index contributed by atoms with van der Waals surface area (Å²) in [5, 5.41) is 2.36. The van der Waals surface area contributed by atoms with E-state index in [4.69, 9.17) is 16.3 Å². The van der Waals surface area contributed by atoms with Crippen LogP contribution in [0.2, 0.25) is 5.02 Å². The molecule has 2 N–H and O–H groups in total. The van der Waals surface area contributed by atoms with Gasteiger partial charge in [0.15, 0.2) is 5.88 Å². The molecule has 27 heavy (non-hydrogen) atoms. The minimum Gasteiger partial charge on any atom is -0.474 e. The molecule has 2 aromatic heterocycles. The van der Waals surface area contributed by atoms with E-state index < -0.39 is 12.1 Å². The van der Waals surface area contributed by atoms with Crippen molar-refractivity contribution < 1.29 is 27.4 Å². The van der Waals surface area contributed by atoms with Crippen LogP contribution in [0, 0.1) is 0 Å². The van der Waals surface area contributed by atoms with Gasteiger partial charge < -0.3 is 19.8 Å². The summed E-state index contributed by atoms with van der Waals surface area (Å²) >= 11 is 5.72. The topological polar surface area (TPSA) is 76.2 Å². The number of fused-ring (bicyclic) bond motifs is 1. The van der Waals surface area contributed by atoms with Crippen molar-refractivity contribution in [2.24, 2.45) is 0 Å². The Morgan fingerprint density at radius 1 is 1.30 bits per heavy atom. The third kappa shape index (κ3) is 4.43. The van der Waals surface area contributed by atoms with Crippen LogP contribution in [0.1, 0.15) is 15.9 Å². The van der Waals surface area contributed by atoms with Gasteiger partial charge in [-0.25, -0.2) is 0 Å². The predicted octanol–water partition coefficient (Wildman–Crippen LogP) is 4.05. The number of amides is 1. The van der Waals surface area contributed by atoms with Crippen LogP contribution in [-0.4, -0.2) is 29.3 Å². The van der Waals surface area contributed by atoms with Gasteiger partial charge >= 0.3 is 6.36 Å². The number of carbonyl (C=O) groups is 1. The van der Waals surface area contributed by atoms with Crippen LogP contribution in [0.4, 0.5) is 13.2 Å². The van der Waals surface area contributed by atoms with Gasteiger partial charge in [-0.15, -0.1) is 13.2 Å². The van der Waals surface area contributed by atoms with Crippen molar-refractivity contribution in [2.75, 3.05) is 7.05 Å². The molecule has 2 heterocycles. The smallest absolute Gasteiger partial charge is 0.474 e. The Hall–Kier alpha value is -2.94. The van der Waals surface area contributed by atoms with Gasteiger partial charge in [0.1, 0.15) is 12.4 Å². The van der Waals surface area contributed by atoms with Crippen molar-refractivity contribution >= 4 is 28.5 Å². The first-order valence-electron chi connectivity index (χ1n) is 7.63. The number of halogens is 4. The number of nitrogens with zero attached hydrogens (tertiary/aromatic N) is 1. The van der Waals surface area contributed by atoms with Gasteiger partial charge in [0, 0.05) is 19.3 Å². The lowest BCUT2D eigenvalue weighted by atomic mass is 10.2. The zero-order valence-corrected chi connectivity index (χ0v) is 14.6. The predicted molar refractivity (Wildman–Crippen MR) is 92.0 cm³/mol. The third-order valence-electron chi connectivity index (χ3n) is 3.58. The first-order chi connectivity index (χ1) is 12.8. The molecule has 3 aromatic rings. The number of pyridine rings is 1. The maximum absolute atomic E-state index is 12.4. The quantitative estimate of drug-likeness (QED) is 0.678. The second kappa shape index (κ2) is 7.36. The van der Waals surface area contributed by atoms with Crippen molar-refractivity contribution in [3.8, 4) is 11.6 Å². The van der Waals surface area contributed by atoms with Crippen LogP contribution in [0.15, 0.2) is 36.5 Å². The van der Waals surface area contributed by atoms with Crippen molar-refractivity contribution in [1.82, 2.24) is 15.3 Å². The van der Waals surface area contributed by atoms with E-state index in [1.807, 2.05) is 0 Å². The van der Waals surface area contributed by atoms with Gasteiger partial charge in [0.25, 0.3) is 5.91 Å². The summed E-state index contributed by atoms with van der Waals surface area (Å²) in [6, 6.07) is 7.10. The number of hydrogen-bond acceptors (Lipinski definition) is 4. The molecule has 3 rings (SSSR count). The number of aromatic nitrogens is 2. The number of nitrogens with one attached hydrogen (secondary N) is 2. The lowest BCUT2D eigenvalue weighted by molar-refractivity contribution is -0.274. The normalized spacial score (nSPS) is 11.4. The van der Waals surface area contributed by atoms with Gasteiger partial charge in [-0.3, -0.25) is 9.78 Å². The van der Waals surface area contributed by atoms with E-state index in [1.165, 1.54) is 25.4 Å². The Kier molecular flexibility index (Phi) is 5.13. The van der Waals surface area contributed by atoms with Gasteiger partial charge in [-0.2, -0.15) is 0 Å². The average molecular weight is 400 g/mol. The standard InChI is InChI=1S/C17H13ClF3N3O3/c1-22-16(25)10-4-5-23-12-7-14(24-15(10)12)26-8-9-2-3-11(18)13(6-9)27-17(19,20)21/h2-7,24H,8H2,1H3,(H,22,25). The SMILES string of the molecule is CNC(=O)c1ccnc2cc(OCc3ccc(Cl)c(OC(F)(F)F)c3)[nH]c12. The second-order valence-electron chi connectivity index (χ2n) is 5.43. The molecule has 0 aliphatic carbocycles. The second-order valence-corrected chi connectivity index (χ2v) is 5.84. The molecule has 0 bridgehead atoms. The molecule has 1 amide bonds. The highest BCUT2D eigenvalue weighted by Gasteiger charge is 2.32. The van der Waals surface area contributed by atoms with E-state index >= 15 is 0 Å². The Morgan fingerprint density at radius 2 is 2.07 bits per heavy atom. The van der Waals surface area contributed by atoms with Gasteiger partial charge in [0.2, 0.25) is 0 Å². The third-order valence-corrected chi connectivity index (χ3v) is 3.90. The fraction of sp³-hybridized carbons (Fsp3) is 0.176. The lowest BCUT2D eigenvalue weighted by Crippen LogP contribution is -2.18. The fourth-order valence-electron chi connectivity index (χ4n) is 2.41. The Labute approximate surface area is 156 Å². The summed E-state index contributed by atoms with van der Waals surface area (Å²) < 4.78 is 46.6. The van der Waals surface area contributed by atoms with Crippen LogP contribution in [-0.2, 0) is 6.61 Å². The molecule has 0 spiro atoms. The summed E-state index contributed by atoms with van der Waals surface area (Å²) in [5.41, 5.74) is 1.81. The molecule has 1 aromatic carbocycles. The molecule has 0 fully saturated rings. The van der Waals surface area contributed by atoms with Crippen LogP contribution in [0.3, 0.4) is 0 Å². The van der Waals surface area contributed by atoms with E-state index in [2.05, 4.69) is 20.0 Å². The molecule has 0 aliphatic heterocycles. The zero-order valence-electron chi connectivity index (χ0n) is 13.9. The number of ether oxygens (including phenoxy) is 2. The number of carbonyl (C=O) groups excluding carboxylic acids is 1. The molecule has 0 unspecified atom stereocenters. The molecule has 0 saturated heterocycles. The van der Waals surface area contributed by atoms with E-state index in [-0.39, 0.29) is 17.5 Å². The van der Waals surface area contributed by atoms with Crippen molar-refractivity contribution in [3.05, 3.63) is 52.7 Å². The largest absolute Gasteiger partial charge is 0.573 e. The summed E-state index contributed by atoms with van der Waals surface area (Å²) in [5.74, 6) is -0.491. The van der Waals surface area contributed by atoms with E-state index in [1.54, 1.807) is 12.1 Å². The number of alkyl halides is 3. The van der Waals surface area contributed by atoms with Crippen LogP contribution in [0.25, 0.3) is 11.0 Å². The minimum atomic E-state index is -4.85. The molecule has 0 radical (unpaired) electrons. The number of H-pyrrole nitrogens is 1. The summed E-state index contributed by atoms with van der Waals surface area (Å²) in [7, 11) is 1.51. The number of aromatic amines is 1. The number of benzene rings is 1. The number of rotatable bonds is 5. The number of hydrogen-bond donors (Lipinski definition) is 2. The highest BCUT2D eigenvalue weighted by Crippen LogP contribution is 2.31.